The first-order chi connectivity index (χ1) is 9.77. The third-order valence-corrected chi connectivity index (χ3v) is 4.13. The number of halogens is 2. The topological polar surface area (TPSA) is 86.2 Å². The second-order valence-corrected chi connectivity index (χ2v) is 7.53. The first-order valence-electron chi connectivity index (χ1n) is 5.48. The molecule has 0 aliphatic rings. The van der Waals surface area contributed by atoms with Gasteiger partial charge in [-0.2, -0.15) is 0 Å². The third-order valence-electron chi connectivity index (χ3n) is 2.27. The highest BCUT2D eigenvalue weighted by atomic mass is 127. The summed E-state index contributed by atoms with van der Waals surface area (Å²) >= 11 is 7.92. The van der Waals surface area contributed by atoms with Crippen LogP contribution in [0.1, 0.15) is 10.5 Å². The van der Waals surface area contributed by atoms with E-state index in [9.17, 15) is 13.2 Å². The van der Waals surface area contributed by atoms with Gasteiger partial charge in [0.1, 0.15) is 5.75 Å². The van der Waals surface area contributed by atoms with E-state index in [-0.39, 0.29) is 10.7 Å². The highest BCUT2D eigenvalue weighted by molar-refractivity contribution is 14.1. The summed E-state index contributed by atoms with van der Waals surface area (Å²) in [6, 6.07) is 6.72. The maximum Gasteiger partial charge on any atom is 0.364 e. The number of nitrogens with zero attached hydrogens (tertiary/aromatic N) is 2. The van der Waals surface area contributed by atoms with Gasteiger partial charge in [0.2, 0.25) is 15.0 Å². The Bertz CT molecular complexity index is 793. The van der Waals surface area contributed by atoms with Crippen LogP contribution in [0.5, 0.6) is 5.75 Å². The molecule has 0 fully saturated rings. The molecule has 1 aromatic heterocycles. The smallest absolute Gasteiger partial charge is 0.364 e. The first-order valence-corrected chi connectivity index (χ1v) is 8.82. The van der Waals surface area contributed by atoms with E-state index in [1.54, 1.807) is 24.3 Å². The highest BCUT2D eigenvalue weighted by Gasteiger charge is 2.20. The Hall–Kier alpha value is -1.26. The molecular weight excluding hydrogens is 431 g/mol. The van der Waals surface area contributed by atoms with Crippen molar-refractivity contribution in [3.05, 3.63) is 44.7 Å². The van der Waals surface area contributed by atoms with Crippen molar-refractivity contribution in [3.8, 4) is 5.75 Å². The van der Waals surface area contributed by atoms with Crippen molar-refractivity contribution < 1.29 is 17.9 Å². The number of sulfone groups is 1. The van der Waals surface area contributed by atoms with Gasteiger partial charge in [-0.05, 0) is 46.9 Å². The lowest BCUT2D eigenvalue weighted by molar-refractivity contribution is 0.0727. The Labute approximate surface area is 139 Å². The van der Waals surface area contributed by atoms with Crippen LogP contribution in [0.2, 0.25) is 5.02 Å². The minimum Gasteiger partial charge on any atom is -0.422 e. The van der Waals surface area contributed by atoms with Crippen LogP contribution in [-0.4, -0.2) is 30.6 Å². The van der Waals surface area contributed by atoms with Crippen molar-refractivity contribution in [2.24, 2.45) is 0 Å². The van der Waals surface area contributed by atoms with Crippen LogP contribution in [0.4, 0.5) is 0 Å². The molecule has 0 unspecified atom stereocenters. The van der Waals surface area contributed by atoms with Gasteiger partial charge in [-0.3, -0.25) is 0 Å². The van der Waals surface area contributed by atoms with Gasteiger partial charge in [0, 0.05) is 9.83 Å². The fraction of sp³-hybridized carbons (Fsp3) is 0.0833. The molecule has 0 aliphatic heterocycles. The van der Waals surface area contributed by atoms with Crippen molar-refractivity contribution in [2.75, 3.05) is 6.26 Å². The van der Waals surface area contributed by atoms with Crippen molar-refractivity contribution in [1.29, 1.82) is 0 Å². The van der Waals surface area contributed by atoms with Gasteiger partial charge in [-0.25, -0.2) is 23.2 Å². The Morgan fingerprint density at radius 2 is 1.90 bits per heavy atom. The number of carbonyl (C=O) groups is 1. The van der Waals surface area contributed by atoms with E-state index in [2.05, 4.69) is 32.6 Å². The van der Waals surface area contributed by atoms with Gasteiger partial charge in [0.15, 0.2) is 5.69 Å². The summed E-state index contributed by atoms with van der Waals surface area (Å²) in [5.74, 6) is -0.551. The van der Waals surface area contributed by atoms with Gasteiger partial charge in [-0.15, -0.1) is 0 Å². The number of esters is 1. The number of benzene rings is 1. The fourth-order valence-corrected chi connectivity index (χ4v) is 2.36. The summed E-state index contributed by atoms with van der Waals surface area (Å²) in [4.78, 5) is 19.2. The van der Waals surface area contributed by atoms with Gasteiger partial charge < -0.3 is 4.74 Å². The molecule has 2 aromatic rings. The average Bonchev–Trinajstić information content (AvgIpc) is 2.40. The van der Waals surface area contributed by atoms with Crippen molar-refractivity contribution >= 4 is 50.0 Å². The molecule has 6 nitrogen and oxygen atoms in total. The molecule has 0 bridgehead atoms. The second kappa shape index (κ2) is 6.24. The molecular formula is C12H8ClIN2O4S. The lowest BCUT2D eigenvalue weighted by atomic mass is 10.3. The van der Waals surface area contributed by atoms with Gasteiger partial charge in [0.25, 0.3) is 0 Å². The molecule has 0 saturated carbocycles. The number of rotatable bonds is 3. The Balaban J connectivity index is 2.32. The van der Waals surface area contributed by atoms with Crippen molar-refractivity contribution in [2.45, 2.75) is 5.16 Å². The molecule has 0 spiro atoms. The number of hydrogen-bond acceptors (Lipinski definition) is 6. The Kier molecular flexibility index (Phi) is 4.79. The average molecular weight is 439 g/mol. The largest absolute Gasteiger partial charge is 0.422 e. The van der Waals surface area contributed by atoms with Crippen LogP contribution in [0, 0.1) is 3.57 Å². The van der Waals surface area contributed by atoms with Crippen LogP contribution in [0.3, 0.4) is 0 Å². The maximum absolute atomic E-state index is 12.0. The number of carbonyl (C=O) groups excluding carboxylic acids is 1. The van der Waals surface area contributed by atoms with E-state index in [1.165, 1.54) is 0 Å². The zero-order chi connectivity index (χ0) is 15.6. The van der Waals surface area contributed by atoms with E-state index >= 15 is 0 Å². The first kappa shape index (κ1) is 16.1. The molecule has 0 saturated heterocycles. The van der Waals surface area contributed by atoms with Crippen LogP contribution < -0.4 is 4.74 Å². The maximum atomic E-state index is 12.0. The Morgan fingerprint density at radius 3 is 2.48 bits per heavy atom. The zero-order valence-electron chi connectivity index (χ0n) is 10.6. The summed E-state index contributed by atoms with van der Waals surface area (Å²) in [5.41, 5.74) is -0.300. The molecule has 0 aliphatic carbocycles. The molecule has 0 N–H and O–H groups in total. The van der Waals surface area contributed by atoms with Crippen LogP contribution in [0.25, 0.3) is 0 Å². The molecule has 9 heteroatoms. The summed E-state index contributed by atoms with van der Waals surface area (Å²) < 4.78 is 28.9. The summed E-state index contributed by atoms with van der Waals surface area (Å²) in [7, 11) is -3.64. The van der Waals surface area contributed by atoms with Crippen LogP contribution in [-0.2, 0) is 9.84 Å². The predicted molar refractivity (Wildman–Crippen MR) is 84.3 cm³/mol. The van der Waals surface area contributed by atoms with Gasteiger partial charge in [-0.1, -0.05) is 11.6 Å². The summed E-state index contributed by atoms with van der Waals surface area (Å²) in [5, 5.41) is -0.570. The molecule has 1 aromatic carbocycles. The summed E-state index contributed by atoms with van der Waals surface area (Å²) in [6.45, 7) is 0. The van der Waals surface area contributed by atoms with Crippen LogP contribution in [0.15, 0.2) is 35.6 Å². The van der Waals surface area contributed by atoms with E-state index in [0.717, 1.165) is 16.0 Å². The lowest BCUT2D eigenvalue weighted by Crippen LogP contribution is -2.15. The van der Waals surface area contributed by atoms with Crippen LogP contribution >= 0.6 is 34.2 Å². The number of aromatic nitrogens is 2. The van der Waals surface area contributed by atoms with E-state index in [4.69, 9.17) is 16.3 Å². The van der Waals surface area contributed by atoms with Gasteiger partial charge >= 0.3 is 5.97 Å². The normalized spacial score (nSPS) is 11.2. The predicted octanol–water partition coefficient (Wildman–Crippen LogP) is 2.36. The standard InChI is InChI=1S/C12H8ClIN2O4S/c1-21(18,19)12-15-6-9(13)10(16-12)11(17)20-8-4-2-7(14)3-5-8/h2-6H,1H3. The quantitative estimate of drug-likeness (QED) is 0.316. The monoisotopic (exact) mass is 438 g/mol. The SMILES string of the molecule is CS(=O)(=O)c1ncc(Cl)c(C(=O)Oc2ccc(I)cc2)n1. The minimum absolute atomic E-state index is 0.0853. The second-order valence-electron chi connectivity index (χ2n) is 3.96. The van der Waals surface area contributed by atoms with Crippen molar-refractivity contribution in [1.82, 2.24) is 9.97 Å². The lowest BCUT2D eigenvalue weighted by Gasteiger charge is -2.06. The third kappa shape index (κ3) is 4.11. The number of hydrogen-bond donors (Lipinski definition) is 0. The van der Waals surface area contributed by atoms with E-state index in [0.29, 0.717) is 5.75 Å². The van der Waals surface area contributed by atoms with E-state index < -0.39 is 21.0 Å². The molecule has 0 radical (unpaired) electrons. The summed E-state index contributed by atoms with van der Waals surface area (Å²) in [6.07, 6.45) is 1.99. The van der Waals surface area contributed by atoms with E-state index in [1.807, 2.05) is 0 Å². The molecule has 21 heavy (non-hydrogen) atoms. The molecule has 0 atom stereocenters. The molecule has 2 rings (SSSR count). The highest BCUT2D eigenvalue weighted by Crippen LogP contribution is 2.19. The molecule has 1 heterocycles. The van der Waals surface area contributed by atoms with Gasteiger partial charge in [0.05, 0.1) is 11.2 Å². The molecule has 110 valence electrons. The Morgan fingerprint density at radius 1 is 1.29 bits per heavy atom. The van der Waals surface area contributed by atoms with Crippen molar-refractivity contribution in [3.63, 3.8) is 0 Å². The minimum atomic E-state index is -3.64. The molecule has 0 amide bonds. The zero-order valence-corrected chi connectivity index (χ0v) is 14.3. The number of ether oxygens (including phenoxy) is 1. The fourth-order valence-electron chi connectivity index (χ4n) is 1.33.